The molecule has 0 amide bonds. The number of nitrogens with zero attached hydrogens (tertiary/aromatic N) is 1. The second kappa shape index (κ2) is 18.9. The Hall–Kier alpha value is -8.20. The van der Waals surface area contributed by atoms with Gasteiger partial charge in [-0.2, -0.15) is 0 Å². The van der Waals surface area contributed by atoms with E-state index in [9.17, 15) is 0 Å². The summed E-state index contributed by atoms with van der Waals surface area (Å²) in [6.45, 7) is 4.68. The molecule has 2 aliphatic carbocycles. The number of ether oxygens (including phenoxy) is 1. The Morgan fingerprint density at radius 3 is 1.62 bits per heavy atom. The van der Waals surface area contributed by atoms with Crippen LogP contribution < -0.4 is 9.64 Å². The fourth-order valence-electron chi connectivity index (χ4n) is 11.5. The van der Waals surface area contributed by atoms with E-state index in [2.05, 4.69) is 267 Å². The van der Waals surface area contributed by atoms with Gasteiger partial charge in [-0.05, 0) is 176 Å². The standard InChI is InChI=1S/C69H57NO/c1-3-49(52-23-25-54(26-24-52)56-29-27-55-28-30-57(55)46-56)45-48(2)50-33-40-63(41-34-50)71-64-42-35-59(36-43-64)69(58-17-9-5-10-18-58)67-22-14-13-21-65(67)66-44-39-62(47-68(66)69)70(60-19-11-6-12-20-60)61-37-31-53(32-38-61)51-15-7-4-8-16-51/h4-27,29,31-44,46-49H,3,28,30,45H2,1-2H3. The molecule has 0 heterocycles. The smallest absolute Gasteiger partial charge is 0.127 e. The zero-order valence-corrected chi connectivity index (χ0v) is 40.5. The molecule has 344 valence electrons. The van der Waals surface area contributed by atoms with Crippen LogP contribution in [-0.4, -0.2) is 0 Å². The summed E-state index contributed by atoms with van der Waals surface area (Å²) in [4.78, 5) is 2.38. The Morgan fingerprint density at radius 2 is 0.944 bits per heavy atom. The minimum atomic E-state index is -0.584. The molecule has 10 aromatic rings. The van der Waals surface area contributed by atoms with Gasteiger partial charge in [0.25, 0.3) is 0 Å². The first-order valence-electron chi connectivity index (χ1n) is 25.4. The summed E-state index contributed by atoms with van der Waals surface area (Å²) >= 11 is 0. The molecule has 2 nitrogen and oxygen atoms in total. The van der Waals surface area contributed by atoms with E-state index in [0.29, 0.717) is 11.8 Å². The van der Waals surface area contributed by atoms with E-state index in [4.69, 9.17) is 4.74 Å². The number of hydrogen-bond acceptors (Lipinski definition) is 2. The predicted molar refractivity (Wildman–Crippen MR) is 296 cm³/mol. The molecule has 0 N–H and O–H groups in total. The molecule has 0 aliphatic heterocycles. The quantitative estimate of drug-likeness (QED) is 0.108. The molecule has 0 spiro atoms. The molecule has 10 aromatic carbocycles. The number of hydrogen-bond donors (Lipinski definition) is 0. The Balaban J connectivity index is 0.831. The summed E-state index contributed by atoms with van der Waals surface area (Å²) in [5.74, 6) is 2.55. The lowest BCUT2D eigenvalue weighted by Crippen LogP contribution is -2.28. The minimum Gasteiger partial charge on any atom is -0.457 e. The first kappa shape index (κ1) is 44.0. The average Bonchev–Trinajstić information content (AvgIpc) is 3.72. The number of para-hydroxylation sites is 1. The molecule has 0 fully saturated rings. The number of anilines is 3. The lowest BCUT2D eigenvalue weighted by atomic mass is 9.67. The van der Waals surface area contributed by atoms with Crippen LogP contribution in [0.4, 0.5) is 17.1 Å². The van der Waals surface area contributed by atoms with Gasteiger partial charge in [0.15, 0.2) is 0 Å². The summed E-state index contributed by atoms with van der Waals surface area (Å²) in [6.07, 6.45) is 4.64. The van der Waals surface area contributed by atoms with Crippen molar-refractivity contribution in [1.29, 1.82) is 0 Å². The lowest BCUT2D eigenvalue weighted by molar-refractivity contribution is 0.481. The van der Waals surface area contributed by atoms with E-state index in [-0.39, 0.29) is 0 Å². The highest BCUT2D eigenvalue weighted by Gasteiger charge is 2.46. The summed E-state index contributed by atoms with van der Waals surface area (Å²) in [5.41, 5.74) is 21.0. The Kier molecular flexibility index (Phi) is 11.8. The molecule has 3 atom stereocenters. The maximum absolute atomic E-state index is 6.62. The van der Waals surface area contributed by atoms with Crippen molar-refractivity contribution >= 4 is 17.1 Å². The largest absolute Gasteiger partial charge is 0.457 e. The van der Waals surface area contributed by atoms with Crippen molar-refractivity contribution in [1.82, 2.24) is 0 Å². The Morgan fingerprint density at radius 1 is 0.423 bits per heavy atom. The number of benzene rings is 10. The molecule has 2 heteroatoms. The van der Waals surface area contributed by atoms with Crippen molar-refractivity contribution in [2.45, 2.75) is 56.8 Å². The maximum Gasteiger partial charge on any atom is 0.127 e. The highest BCUT2D eigenvalue weighted by atomic mass is 16.5. The molecular formula is C69H57NO. The third-order valence-electron chi connectivity index (χ3n) is 15.4. The molecule has 0 saturated carbocycles. The molecule has 0 bridgehead atoms. The first-order chi connectivity index (χ1) is 35.0. The number of rotatable bonds is 14. The molecule has 0 radical (unpaired) electrons. The monoisotopic (exact) mass is 915 g/mol. The second-order valence-electron chi connectivity index (χ2n) is 19.5. The van der Waals surface area contributed by atoms with Gasteiger partial charge in [-0.25, -0.2) is 0 Å². The normalized spacial score (nSPS) is 15.1. The first-order valence-corrected chi connectivity index (χ1v) is 25.4. The van der Waals surface area contributed by atoms with Gasteiger partial charge in [0.2, 0.25) is 0 Å². The van der Waals surface area contributed by atoms with Gasteiger partial charge < -0.3 is 9.64 Å². The Bertz CT molecular complexity index is 3440. The van der Waals surface area contributed by atoms with Gasteiger partial charge in [0, 0.05) is 17.1 Å². The third kappa shape index (κ3) is 8.24. The fourth-order valence-corrected chi connectivity index (χ4v) is 11.5. The van der Waals surface area contributed by atoms with Gasteiger partial charge in [-0.15, -0.1) is 0 Å². The molecule has 12 rings (SSSR count). The summed E-state index contributed by atoms with van der Waals surface area (Å²) in [5, 5.41) is 0. The molecule has 3 unspecified atom stereocenters. The van der Waals surface area contributed by atoms with Gasteiger partial charge >= 0.3 is 0 Å². The summed E-state index contributed by atoms with van der Waals surface area (Å²) < 4.78 is 6.62. The highest BCUT2D eigenvalue weighted by molar-refractivity contribution is 5.89. The predicted octanol–water partition coefficient (Wildman–Crippen LogP) is 18.4. The van der Waals surface area contributed by atoms with Crippen molar-refractivity contribution in [2.75, 3.05) is 4.90 Å². The van der Waals surface area contributed by atoms with Crippen LogP contribution in [0.5, 0.6) is 11.5 Å². The van der Waals surface area contributed by atoms with Crippen LogP contribution in [-0.2, 0) is 18.3 Å². The lowest BCUT2D eigenvalue weighted by Gasteiger charge is -2.35. The van der Waals surface area contributed by atoms with Crippen LogP contribution in [0.15, 0.2) is 249 Å². The highest BCUT2D eigenvalue weighted by Crippen LogP contribution is 2.57. The zero-order chi connectivity index (χ0) is 47.7. The van der Waals surface area contributed by atoms with E-state index in [1.165, 1.54) is 90.7 Å². The van der Waals surface area contributed by atoms with Crippen LogP contribution in [0.2, 0.25) is 0 Å². The van der Waals surface area contributed by atoms with Gasteiger partial charge in [0.05, 0.1) is 5.41 Å². The SMILES string of the molecule is CCC(CC(C)c1ccc(Oc2ccc(C3(c4ccccc4)c4ccccc4-c4ccc(N(c5ccccc5)c5ccc(-c6ccccc6)cc5)cc43)cc2)cc1)c1ccc(-c2ccc3c(c2)CC3)cc1. The van der Waals surface area contributed by atoms with Crippen LogP contribution in [0.1, 0.15) is 83.0 Å². The molecular weight excluding hydrogens is 859 g/mol. The van der Waals surface area contributed by atoms with Gasteiger partial charge in [-0.1, -0.05) is 202 Å². The van der Waals surface area contributed by atoms with Crippen LogP contribution in [0.25, 0.3) is 33.4 Å². The average molecular weight is 916 g/mol. The van der Waals surface area contributed by atoms with E-state index < -0.39 is 5.41 Å². The van der Waals surface area contributed by atoms with Crippen LogP contribution >= 0.6 is 0 Å². The van der Waals surface area contributed by atoms with Crippen LogP contribution in [0.3, 0.4) is 0 Å². The third-order valence-corrected chi connectivity index (χ3v) is 15.4. The zero-order valence-electron chi connectivity index (χ0n) is 40.5. The molecule has 0 saturated heterocycles. The molecule has 71 heavy (non-hydrogen) atoms. The number of fused-ring (bicyclic) bond motifs is 4. The fraction of sp³-hybridized carbons (Fsp3) is 0.130. The summed E-state index contributed by atoms with van der Waals surface area (Å²) in [6, 6.07) is 91.2. The van der Waals surface area contributed by atoms with E-state index in [1.807, 2.05) is 0 Å². The van der Waals surface area contributed by atoms with Crippen molar-refractivity contribution in [3.63, 3.8) is 0 Å². The van der Waals surface area contributed by atoms with E-state index in [1.54, 1.807) is 0 Å². The maximum atomic E-state index is 6.62. The number of aryl methyl sites for hydroxylation is 2. The van der Waals surface area contributed by atoms with Crippen molar-refractivity contribution in [3.8, 4) is 44.9 Å². The van der Waals surface area contributed by atoms with E-state index >= 15 is 0 Å². The molecule has 0 aromatic heterocycles. The van der Waals surface area contributed by atoms with Crippen molar-refractivity contribution < 1.29 is 4.74 Å². The topological polar surface area (TPSA) is 12.5 Å². The minimum absolute atomic E-state index is 0.410. The van der Waals surface area contributed by atoms with Gasteiger partial charge in [0.1, 0.15) is 11.5 Å². The Labute approximate surface area is 419 Å². The van der Waals surface area contributed by atoms with Crippen molar-refractivity contribution in [3.05, 3.63) is 293 Å². The van der Waals surface area contributed by atoms with Crippen molar-refractivity contribution in [2.24, 2.45) is 0 Å². The second-order valence-corrected chi connectivity index (χ2v) is 19.5. The van der Waals surface area contributed by atoms with Gasteiger partial charge in [-0.3, -0.25) is 0 Å². The van der Waals surface area contributed by atoms with E-state index in [0.717, 1.165) is 41.4 Å². The molecule has 2 aliphatic rings. The van der Waals surface area contributed by atoms with Crippen LogP contribution in [0, 0.1) is 0 Å². The summed E-state index contributed by atoms with van der Waals surface area (Å²) in [7, 11) is 0.